The molecule has 0 radical (unpaired) electrons. The molecule has 42 heavy (non-hydrogen) atoms. The largest absolute Gasteiger partial charge is 0.477 e. The van der Waals surface area contributed by atoms with Gasteiger partial charge >= 0.3 is 5.97 Å². The van der Waals surface area contributed by atoms with Crippen molar-refractivity contribution in [3.8, 4) is 0 Å². The minimum atomic E-state index is -1.33. The summed E-state index contributed by atoms with van der Waals surface area (Å²) in [7, 11) is 0. The maximum absolute atomic E-state index is 15.3. The maximum Gasteiger partial charge on any atom is 0.341 e. The normalized spacial score (nSPS) is 15.2. The summed E-state index contributed by atoms with van der Waals surface area (Å²) < 4.78 is 18.8. The first-order chi connectivity index (χ1) is 20.3. The van der Waals surface area contributed by atoms with Gasteiger partial charge in [0.15, 0.2) is 12.4 Å². The summed E-state index contributed by atoms with van der Waals surface area (Å²) in [6, 6.07) is 6.32. The number of amides is 2. The van der Waals surface area contributed by atoms with Crippen LogP contribution in [0.15, 0.2) is 47.7 Å². The minimum Gasteiger partial charge on any atom is -0.477 e. The average molecular weight is 579 g/mol. The summed E-state index contributed by atoms with van der Waals surface area (Å²) >= 11 is 0. The quantitative estimate of drug-likeness (QED) is 0.267. The molecule has 11 heteroatoms. The zero-order valence-corrected chi connectivity index (χ0v) is 23.9. The van der Waals surface area contributed by atoms with Crippen LogP contribution in [0, 0.1) is 5.82 Å². The lowest BCUT2D eigenvalue weighted by atomic mass is 10.1. The number of rotatable bonds is 11. The van der Waals surface area contributed by atoms with Crippen LogP contribution in [-0.4, -0.2) is 65.1 Å². The highest BCUT2D eigenvalue weighted by molar-refractivity contribution is 5.94. The van der Waals surface area contributed by atoms with E-state index in [0.29, 0.717) is 49.5 Å². The van der Waals surface area contributed by atoms with Crippen LogP contribution in [0.2, 0.25) is 0 Å². The molecule has 2 amide bonds. The topological polar surface area (TPSA) is 116 Å². The fourth-order valence-corrected chi connectivity index (χ4v) is 5.49. The number of hydrogen-bond acceptors (Lipinski definition) is 5. The van der Waals surface area contributed by atoms with Gasteiger partial charge in [-0.1, -0.05) is 26.2 Å². The molecule has 0 bridgehead atoms. The number of carbonyl (C=O) groups excluding carboxylic acids is 2. The maximum atomic E-state index is 15.3. The number of hydrogen-bond donors (Lipinski definition) is 2. The van der Waals surface area contributed by atoms with E-state index < -0.39 is 17.2 Å². The molecule has 10 nitrogen and oxygen atoms in total. The van der Waals surface area contributed by atoms with Crippen molar-refractivity contribution in [2.24, 2.45) is 0 Å². The number of nitrogens with zero attached hydrogens (tertiary/aromatic N) is 4. The van der Waals surface area contributed by atoms with Gasteiger partial charge in [0.25, 0.3) is 11.8 Å². The van der Waals surface area contributed by atoms with E-state index in [0.717, 1.165) is 44.6 Å². The lowest BCUT2D eigenvalue weighted by Gasteiger charge is -2.36. The summed E-state index contributed by atoms with van der Waals surface area (Å²) in [5.74, 6) is -2.19. The van der Waals surface area contributed by atoms with E-state index in [1.807, 2.05) is 4.90 Å². The summed E-state index contributed by atoms with van der Waals surface area (Å²) in [6.07, 6.45) is 10.9. The Morgan fingerprint density at radius 2 is 1.86 bits per heavy atom. The van der Waals surface area contributed by atoms with Crippen LogP contribution in [0.3, 0.4) is 0 Å². The van der Waals surface area contributed by atoms with Gasteiger partial charge in [0.1, 0.15) is 16.9 Å². The van der Waals surface area contributed by atoms with Crippen molar-refractivity contribution in [3.63, 3.8) is 0 Å². The Bertz CT molecular complexity index is 1560. The number of piperazine rings is 1. The number of aromatic carboxylic acids is 1. The van der Waals surface area contributed by atoms with Crippen molar-refractivity contribution >= 4 is 34.4 Å². The molecule has 1 aliphatic carbocycles. The van der Waals surface area contributed by atoms with Crippen molar-refractivity contribution in [1.82, 2.24) is 14.8 Å². The van der Waals surface area contributed by atoms with Crippen LogP contribution >= 0.6 is 0 Å². The number of benzene rings is 1. The predicted octanol–water partition coefficient (Wildman–Crippen LogP) is 3.12. The van der Waals surface area contributed by atoms with E-state index in [4.69, 9.17) is 0 Å². The lowest BCUT2D eigenvalue weighted by molar-refractivity contribution is -0.684. The standard InChI is InChI=1S/C31H36FN5O5/c1-2-3-4-5-10-33-28(38)20-34-11-6-7-21(18-34)30(40)36-14-12-35(13-15-36)27-17-26-23(16-25(27)32)29(39)24(31(41)42)19-37(26)22-8-9-22/h6-7,11,16-19,22H,2-5,8-10,12-15,20H2,1H3,(H-,33,38,41,42)/p+1. The number of aromatic nitrogens is 2. The van der Waals surface area contributed by atoms with Crippen LogP contribution in [-0.2, 0) is 11.3 Å². The lowest BCUT2D eigenvalue weighted by Crippen LogP contribution is -2.49. The second-order valence-electron chi connectivity index (χ2n) is 11.1. The molecule has 1 saturated carbocycles. The van der Waals surface area contributed by atoms with E-state index in [1.165, 1.54) is 6.20 Å². The van der Waals surface area contributed by atoms with E-state index in [2.05, 4.69) is 12.2 Å². The van der Waals surface area contributed by atoms with E-state index >= 15 is 4.39 Å². The molecule has 222 valence electrons. The Hall–Kier alpha value is -4.28. The van der Waals surface area contributed by atoms with Gasteiger partial charge in [0, 0.05) is 56.4 Å². The van der Waals surface area contributed by atoms with Crippen molar-refractivity contribution in [1.29, 1.82) is 0 Å². The Morgan fingerprint density at radius 1 is 1.10 bits per heavy atom. The van der Waals surface area contributed by atoms with Gasteiger partial charge in [0.05, 0.1) is 11.2 Å². The van der Waals surface area contributed by atoms with Crippen LogP contribution in [0.1, 0.15) is 72.2 Å². The first-order valence-electron chi connectivity index (χ1n) is 14.7. The molecule has 2 aromatic heterocycles. The molecular formula is C31H37FN5O5+. The third-order valence-corrected chi connectivity index (χ3v) is 7.96. The molecule has 1 saturated heterocycles. The fourth-order valence-electron chi connectivity index (χ4n) is 5.49. The Labute approximate surface area is 243 Å². The Kier molecular flexibility index (Phi) is 8.84. The first kappa shape index (κ1) is 29.2. The number of halogens is 1. The number of pyridine rings is 2. The Balaban J connectivity index is 1.25. The number of carboxylic acids is 1. The molecule has 1 aliphatic heterocycles. The zero-order valence-electron chi connectivity index (χ0n) is 23.9. The van der Waals surface area contributed by atoms with Gasteiger partial charge in [-0.2, -0.15) is 4.57 Å². The molecule has 0 atom stereocenters. The molecule has 5 rings (SSSR count). The number of anilines is 1. The highest BCUT2D eigenvalue weighted by Crippen LogP contribution is 2.38. The smallest absolute Gasteiger partial charge is 0.341 e. The zero-order chi connectivity index (χ0) is 29.8. The van der Waals surface area contributed by atoms with E-state index in [1.54, 1.807) is 44.6 Å². The SMILES string of the molecule is CCCCCCNC(=O)C[n+]1cccc(C(=O)N2CCN(c3cc4c(cc3F)c(=O)c(C(=O)O)cn4C3CC3)CC2)c1. The van der Waals surface area contributed by atoms with Crippen LogP contribution < -0.4 is 20.2 Å². The highest BCUT2D eigenvalue weighted by Gasteiger charge is 2.29. The van der Waals surface area contributed by atoms with Gasteiger partial charge in [0.2, 0.25) is 12.0 Å². The number of carbonyl (C=O) groups is 3. The van der Waals surface area contributed by atoms with Crippen molar-refractivity contribution < 1.29 is 28.4 Å². The predicted molar refractivity (Wildman–Crippen MR) is 155 cm³/mol. The van der Waals surface area contributed by atoms with Crippen molar-refractivity contribution in [3.05, 3.63) is 70.0 Å². The van der Waals surface area contributed by atoms with Crippen LogP contribution in [0.25, 0.3) is 10.9 Å². The van der Waals surface area contributed by atoms with Crippen LogP contribution in [0.4, 0.5) is 10.1 Å². The second-order valence-corrected chi connectivity index (χ2v) is 11.1. The summed E-state index contributed by atoms with van der Waals surface area (Å²) in [5, 5.41) is 12.5. The van der Waals surface area contributed by atoms with E-state index in [9.17, 15) is 24.3 Å². The average Bonchev–Trinajstić information content (AvgIpc) is 3.82. The molecular weight excluding hydrogens is 541 g/mol. The van der Waals surface area contributed by atoms with Gasteiger partial charge < -0.3 is 24.8 Å². The minimum absolute atomic E-state index is 0.0550. The van der Waals surface area contributed by atoms with Gasteiger partial charge in [-0.15, -0.1) is 0 Å². The molecule has 3 heterocycles. The van der Waals surface area contributed by atoms with Crippen LogP contribution in [0.5, 0.6) is 0 Å². The monoisotopic (exact) mass is 578 g/mol. The molecule has 0 spiro atoms. The number of carboxylic acid groups (broad SMARTS) is 1. The number of nitrogens with one attached hydrogen (secondary N) is 1. The summed E-state index contributed by atoms with van der Waals surface area (Å²) in [5.41, 5.74) is 0.256. The van der Waals surface area contributed by atoms with Crippen molar-refractivity contribution in [2.75, 3.05) is 37.6 Å². The fraction of sp³-hybridized carbons (Fsp3) is 0.452. The van der Waals surface area contributed by atoms with Crippen molar-refractivity contribution in [2.45, 2.75) is 58.0 Å². The molecule has 2 fully saturated rings. The van der Waals surface area contributed by atoms with Gasteiger partial charge in [-0.25, -0.2) is 9.18 Å². The molecule has 1 aromatic carbocycles. The van der Waals surface area contributed by atoms with Gasteiger partial charge in [-0.3, -0.25) is 14.4 Å². The third kappa shape index (κ3) is 6.45. The highest BCUT2D eigenvalue weighted by atomic mass is 19.1. The van der Waals surface area contributed by atoms with Gasteiger partial charge in [-0.05, 0) is 37.5 Å². The summed E-state index contributed by atoms with van der Waals surface area (Å²) in [4.78, 5) is 53.6. The third-order valence-electron chi connectivity index (χ3n) is 7.96. The number of unbranched alkanes of at least 4 members (excludes halogenated alkanes) is 3. The first-order valence-corrected chi connectivity index (χ1v) is 14.7. The number of fused-ring (bicyclic) bond motifs is 1. The molecule has 2 aliphatic rings. The molecule has 0 unspecified atom stereocenters. The summed E-state index contributed by atoms with van der Waals surface area (Å²) in [6.45, 7) is 4.44. The second kappa shape index (κ2) is 12.7. The Morgan fingerprint density at radius 3 is 2.55 bits per heavy atom. The molecule has 3 aromatic rings. The molecule has 2 N–H and O–H groups in total. The van der Waals surface area contributed by atoms with E-state index in [-0.39, 0.29) is 35.4 Å².